The SMILES string of the molecule is C[C@H]1O[C@@H](O[C@H]2CC[C@@]3(C)[C@@H](CC[C@]4(C)[C@@H]3C=CC35OC[C@@]6(CCC(C)(C)CC36)C(O)C[C@]54C)[C@]2(C)CO)[C@H](O)[C@@H](OC2O[C@H](CO)C(O)C(O)[C@H]2O)C1O. The molecule has 0 aromatic rings. The average molecular weight is 781 g/mol. The molecule has 5 aliphatic carbocycles. The molecular weight excluding hydrogens is 712 g/mol. The third-order valence-corrected chi connectivity index (χ3v) is 17.9. The Balaban J connectivity index is 1.05. The lowest BCUT2D eigenvalue weighted by Gasteiger charge is -2.73. The van der Waals surface area contributed by atoms with Crippen molar-refractivity contribution in [2.75, 3.05) is 19.8 Å². The van der Waals surface area contributed by atoms with Crippen molar-refractivity contribution >= 4 is 0 Å². The fraction of sp³-hybridized carbons (Fsp3) is 0.952. The summed E-state index contributed by atoms with van der Waals surface area (Å²) < 4.78 is 31.2. The zero-order valence-electron chi connectivity index (χ0n) is 33.7. The summed E-state index contributed by atoms with van der Waals surface area (Å²) in [4.78, 5) is 0. The van der Waals surface area contributed by atoms with E-state index >= 15 is 0 Å². The lowest BCUT2D eigenvalue weighted by atomic mass is 9.32. The van der Waals surface area contributed by atoms with Gasteiger partial charge in [-0.25, -0.2) is 0 Å². The van der Waals surface area contributed by atoms with Crippen molar-refractivity contribution in [1.29, 1.82) is 0 Å². The van der Waals surface area contributed by atoms with Gasteiger partial charge < -0.3 is 64.5 Å². The largest absolute Gasteiger partial charge is 0.396 e. The van der Waals surface area contributed by atoms with Gasteiger partial charge in [0, 0.05) is 22.2 Å². The Hall–Kier alpha value is -0.780. The fourth-order valence-electron chi connectivity index (χ4n) is 14.3. The molecule has 8 rings (SSSR count). The molecule has 7 unspecified atom stereocenters. The molecule has 4 saturated carbocycles. The van der Waals surface area contributed by atoms with E-state index in [1.54, 1.807) is 6.92 Å². The first kappa shape index (κ1) is 41.0. The van der Waals surface area contributed by atoms with Gasteiger partial charge in [-0.1, -0.05) is 53.7 Å². The van der Waals surface area contributed by atoms with E-state index in [4.69, 9.17) is 23.7 Å². The van der Waals surface area contributed by atoms with E-state index in [-0.39, 0.29) is 51.4 Å². The first-order chi connectivity index (χ1) is 25.7. The smallest absolute Gasteiger partial charge is 0.187 e. The Bertz CT molecular complexity index is 1490. The molecule has 0 aromatic heterocycles. The zero-order valence-corrected chi connectivity index (χ0v) is 33.7. The quantitative estimate of drug-likeness (QED) is 0.143. The molecule has 0 aromatic carbocycles. The fourth-order valence-corrected chi connectivity index (χ4v) is 14.3. The first-order valence-electron chi connectivity index (χ1n) is 20.9. The van der Waals surface area contributed by atoms with Crippen molar-refractivity contribution < 1.29 is 64.5 Å². The molecule has 21 atom stereocenters. The number of hydrogen-bond donors (Lipinski definition) is 8. The predicted octanol–water partition coefficient (Wildman–Crippen LogP) is 1.78. The molecule has 13 heteroatoms. The highest BCUT2D eigenvalue weighted by molar-refractivity contribution is 5.36. The lowest BCUT2D eigenvalue weighted by molar-refractivity contribution is -0.367. The summed E-state index contributed by atoms with van der Waals surface area (Å²) in [5, 5.41) is 87.0. The Labute approximate surface area is 325 Å². The maximum atomic E-state index is 12.1. The minimum atomic E-state index is -1.72. The number of hydrogen-bond acceptors (Lipinski definition) is 13. The average Bonchev–Trinajstić information content (AvgIpc) is 3.41. The van der Waals surface area contributed by atoms with Crippen LogP contribution < -0.4 is 0 Å². The number of aliphatic hydroxyl groups excluding tert-OH is 8. The van der Waals surface area contributed by atoms with Gasteiger partial charge in [0.05, 0.1) is 43.7 Å². The Morgan fingerprint density at radius 1 is 0.727 bits per heavy atom. The zero-order chi connectivity index (χ0) is 39.9. The van der Waals surface area contributed by atoms with Crippen molar-refractivity contribution in [2.24, 2.45) is 50.2 Å². The summed E-state index contributed by atoms with van der Waals surface area (Å²) in [6.45, 7) is 15.4. The molecule has 3 heterocycles. The van der Waals surface area contributed by atoms with Gasteiger partial charge in [0.1, 0.15) is 42.7 Å². The molecule has 314 valence electrons. The van der Waals surface area contributed by atoms with Crippen molar-refractivity contribution in [1.82, 2.24) is 0 Å². The molecule has 2 bridgehead atoms. The predicted molar refractivity (Wildman–Crippen MR) is 197 cm³/mol. The third kappa shape index (κ3) is 5.44. The summed E-state index contributed by atoms with van der Waals surface area (Å²) in [6.07, 6.45) is -3.39. The molecule has 13 nitrogen and oxygen atoms in total. The summed E-state index contributed by atoms with van der Waals surface area (Å²) in [5.74, 6) is 0.449. The van der Waals surface area contributed by atoms with Crippen LogP contribution >= 0.6 is 0 Å². The van der Waals surface area contributed by atoms with Gasteiger partial charge in [0.15, 0.2) is 12.6 Å². The van der Waals surface area contributed by atoms with E-state index in [0.717, 1.165) is 38.5 Å². The van der Waals surface area contributed by atoms with Crippen molar-refractivity contribution in [3.05, 3.63) is 12.2 Å². The standard InChI is InChI=1S/C42H68O13/c1-21-28(46)33(55-34-31(49)30(48)29(47)22(18-43)53-34)32(50)35(52-21)54-27-10-11-37(4)23(38(27,5)19-44)8-12-39(6)24(37)9-13-42-25-16-36(2,3)14-15-41(25,20-51-42)26(45)17-40(39,42)7/h9,13,21-35,43-50H,8,10-12,14-20H2,1-7H3/t21-,22-,23-,24-,25?,26?,27+,28?,29?,30?,31-,32-,33+,34?,35+,37+,38+,39-,40+,41-,42?/m1/s1. The van der Waals surface area contributed by atoms with Crippen LogP contribution in [0.15, 0.2) is 12.2 Å². The van der Waals surface area contributed by atoms with Crippen LogP contribution in [-0.4, -0.2) is 140 Å². The molecule has 0 amide bonds. The van der Waals surface area contributed by atoms with Crippen LogP contribution in [0.25, 0.3) is 0 Å². The van der Waals surface area contributed by atoms with Gasteiger partial charge >= 0.3 is 0 Å². The summed E-state index contributed by atoms with van der Waals surface area (Å²) >= 11 is 0. The lowest BCUT2D eigenvalue weighted by Crippen LogP contribution is -2.72. The molecule has 8 aliphatic rings. The third-order valence-electron chi connectivity index (χ3n) is 17.9. The summed E-state index contributed by atoms with van der Waals surface area (Å²) in [6, 6.07) is 0. The molecule has 55 heavy (non-hydrogen) atoms. The van der Waals surface area contributed by atoms with Gasteiger partial charge in [-0.15, -0.1) is 0 Å². The van der Waals surface area contributed by atoms with Crippen LogP contribution in [0.2, 0.25) is 0 Å². The van der Waals surface area contributed by atoms with Crippen LogP contribution in [0.1, 0.15) is 99.8 Å². The maximum Gasteiger partial charge on any atom is 0.187 e. The second-order valence-electron chi connectivity index (χ2n) is 21.0. The molecule has 3 saturated heterocycles. The van der Waals surface area contributed by atoms with Gasteiger partial charge in [0.2, 0.25) is 0 Å². The minimum Gasteiger partial charge on any atom is -0.396 e. The normalized spacial score (nSPS) is 59.7. The van der Waals surface area contributed by atoms with Crippen LogP contribution in [-0.2, 0) is 23.7 Å². The number of aliphatic hydroxyl groups is 8. The highest BCUT2D eigenvalue weighted by atomic mass is 16.7. The maximum absolute atomic E-state index is 12.1. The summed E-state index contributed by atoms with van der Waals surface area (Å²) in [7, 11) is 0. The number of allylic oxidation sites excluding steroid dienone is 1. The topological polar surface area (TPSA) is 208 Å². The van der Waals surface area contributed by atoms with E-state index < -0.39 is 91.2 Å². The highest BCUT2D eigenvalue weighted by Gasteiger charge is 2.79. The second-order valence-corrected chi connectivity index (χ2v) is 21.0. The number of rotatable bonds is 6. The van der Waals surface area contributed by atoms with Gasteiger partial charge in [-0.3, -0.25) is 0 Å². The first-order valence-corrected chi connectivity index (χ1v) is 20.9. The number of fused-ring (bicyclic) bond motifs is 4. The van der Waals surface area contributed by atoms with E-state index in [1.807, 2.05) is 0 Å². The van der Waals surface area contributed by atoms with E-state index in [1.165, 1.54) is 0 Å². The Morgan fingerprint density at radius 2 is 1.44 bits per heavy atom. The monoisotopic (exact) mass is 780 g/mol. The molecule has 0 radical (unpaired) electrons. The van der Waals surface area contributed by atoms with E-state index in [9.17, 15) is 40.9 Å². The molecule has 3 aliphatic heterocycles. The van der Waals surface area contributed by atoms with E-state index in [2.05, 4.69) is 53.7 Å². The van der Waals surface area contributed by atoms with Crippen molar-refractivity contribution in [3.8, 4) is 0 Å². The van der Waals surface area contributed by atoms with Crippen LogP contribution in [0.4, 0.5) is 0 Å². The molecular formula is C42H68O13. The molecule has 1 spiro atoms. The van der Waals surface area contributed by atoms with Crippen molar-refractivity contribution in [3.63, 3.8) is 0 Å². The highest BCUT2D eigenvalue weighted by Crippen LogP contribution is 2.79. The Morgan fingerprint density at radius 3 is 2.13 bits per heavy atom. The second kappa shape index (κ2) is 13.4. The van der Waals surface area contributed by atoms with Crippen LogP contribution in [0.5, 0.6) is 0 Å². The molecule has 7 fully saturated rings. The van der Waals surface area contributed by atoms with Gasteiger partial charge in [0.25, 0.3) is 0 Å². The van der Waals surface area contributed by atoms with Crippen LogP contribution in [0, 0.1) is 50.2 Å². The minimum absolute atomic E-state index is 0.0414. The Kier molecular flexibility index (Phi) is 9.95. The van der Waals surface area contributed by atoms with Crippen LogP contribution in [0.3, 0.4) is 0 Å². The van der Waals surface area contributed by atoms with E-state index in [0.29, 0.717) is 19.4 Å². The summed E-state index contributed by atoms with van der Waals surface area (Å²) in [5.41, 5.74) is -1.90. The number of ether oxygens (including phenoxy) is 5. The molecule has 8 N–H and O–H groups in total. The van der Waals surface area contributed by atoms with Crippen molar-refractivity contribution in [2.45, 2.75) is 179 Å². The van der Waals surface area contributed by atoms with Gasteiger partial charge in [-0.05, 0) is 86.4 Å². The van der Waals surface area contributed by atoms with Gasteiger partial charge in [-0.2, -0.15) is 0 Å².